The van der Waals surface area contributed by atoms with Gasteiger partial charge in [-0.3, -0.25) is 14.9 Å². The van der Waals surface area contributed by atoms with Crippen molar-refractivity contribution in [2.75, 3.05) is 46.9 Å². The first kappa shape index (κ1) is 21.0. The first-order valence-corrected chi connectivity index (χ1v) is 8.43. The predicted octanol–water partition coefficient (Wildman–Crippen LogP) is 2.07. The molecule has 7 heteroatoms. The summed E-state index contributed by atoms with van der Waals surface area (Å²) in [5, 5.41) is 3.36. The van der Waals surface area contributed by atoms with Crippen molar-refractivity contribution in [3.63, 3.8) is 0 Å². The molecule has 1 N–H and O–H groups in total. The molecule has 1 fully saturated rings. The molecule has 136 valence electrons. The summed E-state index contributed by atoms with van der Waals surface area (Å²) in [6, 6.07) is 4.42. The first-order chi connectivity index (χ1) is 11.2. The lowest BCUT2D eigenvalue weighted by atomic mass is 10.2. The fourth-order valence-electron chi connectivity index (χ4n) is 3.07. The number of nitrogens with zero attached hydrogens (tertiary/aromatic N) is 4. The third-order valence-corrected chi connectivity index (χ3v) is 4.25. The fraction of sp³-hybridized carbons (Fsp3) is 0.647. The van der Waals surface area contributed by atoms with Crippen LogP contribution >= 0.6 is 24.0 Å². The summed E-state index contributed by atoms with van der Waals surface area (Å²) in [7, 11) is 3.93. The van der Waals surface area contributed by atoms with Crippen LogP contribution in [0.5, 0.6) is 5.75 Å². The maximum atomic E-state index is 5.64. The number of hydrogen-bond donors (Lipinski definition) is 1. The van der Waals surface area contributed by atoms with E-state index in [1.165, 1.54) is 19.4 Å². The highest BCUT2D eigenvalue weighted by molar-refractivity contribution is 14.0. The van der Waals surface area contributed by atoms with Gasteiger partial charge in [-0.05, 0) is 38.1 Å². The Morgan fingerprint density at radius 3 is 3.04 bits per heavy atom. The normalized spacial score (nSPS) is 18.1. The maximum absolute atomic E-state index is 5.64. The van der Waals surface area contributed by atoms with E-state index >= 15 is 0 Å². The minimum Gasteiger partial charge on any atom is -0.490 e. The Balaban J connectivity index is 0.00000288. The SMILES string of the molecule is CCN1CCCC1CN(C)C(=NC)NCCOc1cccnc1.I. The van der Waals surface area contributed by atoms with E-state index < -0.39 is 0 Å². The van der Waals surface area contributed by atoms with Crippen LogP contribution in [-0.4, -0.2) is 73.7 Å². The molecular formula is C17H30IN5O. The van der Waals surface area contributed by atoms with Gasteiger partial charge in [0.1, 0.15) is 12.4 Å². The smallest absolute Gasteiger partial charge is 0.193 e. The van der Waals surface area contributed by atoms with Crippen LogP contribution in [0.3, 0.4) is 0 Å². The highest BCUT2D eigenvalue weighted by atomic mass is 127. The third kappa shape index (κ3) is 6.43. The van der Waals surface area contributed by atoms with Crippen LogP contribution in [-0.2, 0) is 0 Å². The molecule has 1 aromatic rings. The van der Waals surface area contributed by atoms with Gasteiger partial charge in [0, 0.05) is 32.9 Å². The molecule has 0 aliphatic carbocycles. The number of ether oxygens (including phenoxy) is 1. The summed E-state index contributed by atoms with van der Waals surface area (Å²) in [6.07, 6.45) is 6.04. The molecule has 1 aliphatic rings. The summed E-state index contributed by atoms with van der Waals surface area (Å²) >= 11 is 0. The number of likely N-dealkylation sites (tertiary alicyclic amines) is 1. The van der Waals surface area contributed by atoms with Crippen LogP contribution in [0.15, 0.2) is 29.5 Å². The van der Waals surface area contributed by atoms with E-state index in [0.717, 1.165) is 24.8 Å². The lowest BCUT2D eigenvalue weighted by Crippen LogP contribution is -2.46. The Labute approximate surface area is 162 Å². The van der Waals surface area contributed by atoms with Crippen molar-refractivity contribution >= 4 is 29.9 Å². The molecule has 6 nitrogen and oxygen atoms in total. The molecule has 1 atom stereocenters. The summed E-state index contributed by atoms with van der Waals surface area (Å²) in [4.78, 5) is 13.2. The second kappa shape index (κ2) is 11.5. The molecule has 1 aromatic heterocycles. The number of pyridine rings is 1. The van der Waals surface area contributed by atoms with Crippen LogP contribution in [0.4, 0.5) is 0 Å². The Hall–Kier alpha value is -1.09. The lowest BCUT2D eigenvalue weighted by Gasteiger charge is -2.29. The number of halogens is 1. The van der Waals surface area contributed by atoms with Gasteiger partial charge in [0.15, 0.2) is 5.96 Å². The molecule has 1 unspecified atom stereocenters. The first-order valence-electron chi connectivity index (χ1n) is 8.43. The Morgan fingerprint density at radius 1 is 1.54 bits per heavy atom. The lowest BCUT2D eigenvalue weighted by molar-refractivity contribution is 0.232. The number of hydrogen-bond acceptors (Lipinski definition) is 4. The van der Waals surface area contributed by atoms with Gasteiger partial charge in [0.2, 0.25) is 0 Å². The molecule has 2 heterocycles. The van der Waals surface area contributed by atoms with Gasteiger partial charge in [-0.15, -0.1) is 24.0 Å². The van der Waals surface area contributed by atoms with Gasteiger partial charge >= 0.3 is 0 Å². The van der Waals surface area contributed by atoms with Crippen molar-refractivity contribution in [2.45, 2.75) is 25.8 Å². The molecule has 1 saturated heterocycles. The van der Waals surface area contributed by atoms with Gasteiger partial charge in [0.25, 0.3) is 0 Å². The molecule has 2 rings (SSSR count). The van der Waals surface area contributed by atoms with Crippen LogP contribution < -0.4 is 10.1 Å². The topological polar surface area (TPSA) is 53.0 Å². The van der Waals surface area contributed by atoms with Crippen molar-refractivity contribution < 1.29 is 4.74 Å². The van der Waals surface area contributed by atoms with Crippen LogP contribution in [0.2, 0.25) is 0 Å². The maximum Gasteiger partial charge on any atom is 0.193 e. The van der Waals surface area contributed by atoms with E-state index in [1.807, 2.05) is 19.2 Å². The van der Waals surface area contributed by atoms with Crippen molar-refractivity contribution in [2.24, 2.45) is 4.99 Å². The monoisotopic (exact) mass is 447 g/mol. The number of nitrogens with one attached hydrogen (secondary N) is 1. The summed E-state index contributed by atoms with van der Waals surface area (Å²) in [6.45, 7) is 6.90. The van der Waals surface area contributed by atoms with Crippen molar-refractivity contribution in [1.29, 1.82) is 0 Å². The quantitative estimate of drug-likeness (QED) is 0.300. The van der Waals surface area contributed by atoms with Gasteiger partial charge in [-0.25, -0.2) is 0 Å². The molecular weight excluding hydrogens is 417 g/mol. The zero-order chi connectivity index (χ0) is 16.5. The minimum atomic E-state index is 0. The molecule has 0 amide bonds. The Morgan fingerprint density at radius 2 is 2.38 bits per heavy atom. The second-order valence-electron chi connectivity index (χ2n) is 5.82. The van der Waals surface area contributed by atoms with Crippen molar-refractivity contribution in [3.8, 4) is 5.75 Å². The molecule has 1 aliphatic heterocycles. The highest BCUT2D eigenvalue weighted by Gasteiger charge is 2.24. The number of guanidine groups is 1. The van der Waals surface area contributed by atoms with E-state index in [-0.39, 0.29) is 24.0 Å². The third-order valence-electron chi connectivity index (χ3n) is 4.25. The van der Waals surface area contributed by atoms with E-state index in [4.69, 9.17) is 4.74 Å². The summed E-state index contributed by atoms with van der Waals surface area (Å²) < 4.78 is 5.64. The van der Waals surface area contributed by atoms with Crippen LogP contribution in [0.1, 0.15) is 19.8 Å². The fourth-order valence-corrected chi connectivity index (χ4v) is 3.07. The van der Waals surface area contributed by atoms with Gasteiger partial charge in [-0.2, -0.15) is 0 Å². The Bertz CT molecular complexity index is 485. The van der Waals surface area contributed by atoms with Gasteiger partial charge in [0.05, 0.1) is 12.7 Å². The number of aromatic nitrogens is 1. The molecule has 0 spiro atoms. The zero-order valence-electron chi connectivity index (χ0n) is 14.9. The van der Waals surface area contributed by atoms with Gasteiger partial charge < -0.3 is 15.0 Å². The largest absolute Gasteiger partial charge is 0.490 e. The number of rotatable bonds is 7. The van der Waals surface area contributed by atoms with Crippen molar-refractivity contribution in [1.82, 2.24) is 20.1 Å². The predicted molar refractivity (Wildman–Crippen MR) is 109 cm³/mol. The van der Waals surface area contributed by atoms with Gasteiger partial charge in [-0.1, -0.05) is 6.92 Å². The zero-order valence-corrected chi connectivity index (χ0v) is 17.3. The summed E-state index contributed by atoms with van der Waals surface area (Å²) in [5.41, 5.74) is 0. The van der Waals surface area contributed by atoms with Crippen LogP contribution in [0.25, 0.3) is 0 Å². The summed E-state index contributed by atoms with van der Waals surface area (Å²) in [5.74, 6) is 1.71. The van der Waals surface area contributed by atoms with E-state index in [2.05, 4.69) is 39.1 Å². The molecule has 24 heavy (non-hydrogen) atoms. The molecule has 0 saturated carbocycles. The molecule has 0 bridgehead atoms. The molecule has 0 radical (unpaired) electrons. The van der Waals surface area contributed by atoms with Crippen LogP contribution in [0, 0.1) is 0 Å². The Kier molecular flexibility index (Phi) is 10.0. The van der Waals surface area contributed by atoms with Crippen molar-refractivity contribution in [3.05, 3.63) is 24.5 Å². The number of likely N-dealkylation sites (N-methyl/N-ethyl adjacent to an activating group) is 2. The molecule has 0 aromatic carbocycles. The van der Waals surface area contributed by atoms with E-state index in [1.54, 1.807) is 12.4 Å². The average molecular weight is 447 g/mol. The van der Waals surface area contributed by atoms with E-state index in [0.29, 0.717) is 19.2 Å². The standard InChI is InChI=1S/C17H29N5O.HI/c1-4-22-11-6-7-15(22)14-21(3)17(18-2)20-10-12-23-16-8-5-9-19-13-16;/h5,8-9,13,15H,4,6-7,10-12,14H2,1-3H3,(H,18,20);1H. The minimum absolute atomic E-state index is 0. The second-order valence-corrected chi connectivity index (χ2v) is 5.82. The van der Waals surface area contributed by atoms with E-state index in [9.17, 15) is 0 Å². The number of aliphatic imine (C=N–C) groups is 1. The average Bonchev–Trinajstić information content (AvgIpc) is 3.03. The highest BCUT2D eigenvalue weighted by Crippen LogP contribution is 2.17.